The van der Waals surface area contributed by atoms with Crippen molar-refractivity contribution in [3.63, 3.8) is 0 Å². The van der Waals surface area contributed by atoms with Crippen molar-refractivity contribution in [2.75, 3.05) is 6.54 Å². The zero-order valence-corrected chi connectivity index (χ0v) is 12.1. The number of fused-ring (bicyclic) bond motifs is 1. The summed E-state index contributed by atoms with van der Waals surface area (Å²) in [5.41, 5.74) is 0.532. The van der Waals surface area contributed by atoms with Crippen LogP contribution in [0.3, 0.4) is 0 Å². The highest BCUT2D eigenvalue weighted by molar-refractivity contribution is 7.90. The Kier molecular flexibility index (Phi) is 4.08. The van der Waals surface area contributed by atoms with Crippen LogP contribution >= 0.6 is 0 Å². The second-order valence-corrected chi connectivity index (χ2v) is 6.27. The Balaban J connectivity index is 2.08. The van der Waals surface area contributed by atoms with Gasteiger partial charge in [0.1, 0.15) is 5.84 Å². The highest BCUT2D eigenvalue weighted by Crippen LogP contribution is 2.22. The molecule has 0 aliphatic carbocycles. The standard InChI is InChI=1S/C13H16N2O4S/c1-9(2)19-12(16)7-8-14-13-10-5-3-4-6-11(10)20(17,18)15-13/h3-6,9H,7-8H2,1-2H3,(H,14,15). The topological polar surface area (TPSA) is 84.8 Å². The van der Waals surface area contributed by atoms with Crippen LogP contribution in [0.5, 0.6) is 0 Å². The molecule has 20 heavy (non-hydrogen) atoms. The molecule has 6 nitrogen and oxygen atoms in total. The van der Waals surface area contributed by atoms with Crippen molar-refractivity contribution in [1.29, 1.82) is 0 Å². The Bertz CT molecular complexity index is 650. The van der Waals surface area contributed by atoms with E-state index in [1.165, 1.54) is 6.07 Å². The van der Waals surface area contributed by atoms with Crippen molar-refractivity contribution in [2.24, 2.45) is 4.99 Å². The van der Waals surface area contributed by atoms with Gasteiger partial charge in [-0.05, 0) is 26.0 Å². The van der Waals surface area contributed by atoms with Gasteiger partial charge in [-0.1, -0.05) is 12.1 Å². The fourth-order valence-corrected chi connectivity index (χ4v) is 3.08. The summed E-state index contributed by atoms with van der Waals surface area (Å²) in [5.74, 6) is -0.0727. The minimum Gasteiger partial charge on any atom is -0.463 e. The maximum atomic E-state index is 11.8. The second kappa shape index (κ2) is 5.62. The molecule has 0 unspecified atom stereocenters. The van der Waals surface area contributed by atoms with Gasteiger partial charge in [0, 0.05) is 5.56 Å². The Morgan fingerprint density at radius 2 is 2.05 bits per heavy atom. The third-order valence-electron chi connectivity index (χ3n) is 2.62. The fraction of sp³-hybridized carbons (Fsp3) is 0.385. The third-order valence-corrected chi connectivity index (χ3v) is 4.01. The first kappa shape index (κ1) is 14.5. The molecule has 0 bridgehead atoms. The molecule has 7 heteroatoms. The van der Waals surface area contributed by atoms with E-state index in [-0.39, 0.29) is 35.8 Å². The number of ether oxygens (including phenoxy) is 1. The molecule has 0 spiro atoms. The predicted molar refractivity (Wildman–Crippen MR) is 74.0 cm³/mol. The zero-order chi connectivity index (χ0) is 14.8. The molecule has 0 amide bonds. The van der Waals surface area contributed by atoms with Crippen LogP contribution in [0.1, 0.15) is 25.8 Å². The molecule has 0 aromatic heterocycles. The molecule has 0 radical (unpaired) electrons. The van der Waals surface area contributed by atoms with Crippen molar-refractivity contribution in [3.05, 3.63) is 29.8 Å². The van der Waals surface area contributed by atoms with Gasteiger partial charge < -0.3 is 4.74 Å². The number of nitrogens with zero attached hydrogens (tertiary/aromatic N) is 1. The van der Waals surface area contributed by atoms with E-state index >= 15 is 0 Å². The number of hydrogen-bond acceptors (Lipinski definition) is 5. The van der Waals surface area contributed by atoms with Crippen LogP contribution in [0.4, 0.5) is 0 Å². The average molecular weight is 296 g/mol. The van der Waals surface area contributed by atoms with Crippen molar-refractivity contribution in [1.82, 2.24) is 4.72 Å². The Morgan fingerprint density at radius 1 is 1.35 bits per heavy atom. The van der Waals surface area contributed by atoms with Crippen LogP contribution in [-0.4, -0.2) is 32.9 Å². The van der Waals surface area contributed by atoms with E-state index in [4.69, 9.17) is 4.74 Å². The first-order chi connectivity index (χ1) is 9.40. The molecular formula is C13H16N2O4S. The van der Waals surface area contributed by atoms with Crippen LogP contribution in [0, 0.1) is 0 Å². The molecule has 0 saturated carbocycles. The van der Waals surface area contributed by atoms with E-state index in [1.807, 2.05) is 0 Å². The maximum absolute atomic E-state index is 11.8. The third kappa shape index (κ3) is 3.16. The van der Waals surface area contributed by atoms with Crippen LogP contribution in [0.15, 0.2) is 34.2 Å². The van der Waals surface area contributed by atoms with Gasteiger partial charge in [0.05, 0.1) is 24.0 Å². The minimum atomic E-state index is -3.52. The first-order valence-electron chi connectivity index (χ1n) is 6.26. The average Bonchev–Trinajstić information content (AvgIpc) is 2.61. The van der Waals surface area contributed by atoms with Crippen molar-refractivity contribution >= 4 is 21.8 Å². The molecule has 0 atom stereocenters. The molecule has 1 aromatic carbocycles. The number of carbonyl (C=O) groups is 1. The number of amidine groups is 1. The number of rotatable bonds is 4. The minimum absolute atomic E-state index is 0.117. The molecule has 0 saturated heterocycles. The van der Waals surface area contributed by atoms with Crippen LogP contribution < -0.4 is 4.72 Å². The summed E-state index contributed by atoms with van der Waals surface area (Å²) < 4.78 is 31.0. The monoisotopic (exact) mass is 296 g/mol. The van der Waals surface area contributed by atoms with Crippen molar-refractivity contribution in [2.45, 2.75) is 31.3 Å². The summed E-state index contributed by atoms with van der Waals surface area (Å²) in [6, 6.07) is 6.59. The second-order valence-electron chi connectivity index (χ2n) is 4.62. The number of nitrogens with one attached hydrogen (secondary N) is 1. The number of esters is 1. The van der Waals surface area contributed by atoms with E-state index in [0.29, 0.717) is 5.56 Å². The number of benzene rings is 1. The van der Waals surface area contributed by atoms with Gasteiger partial charge in [-0.25, -0.2) is 8.42 Å². The number of sulfonamides is 1. The molecule has 1 aromatic rings. The van der Waals surface area contributed by atoms with Gasteiger partial charge in [0.2, 0.25) is 0 Å². The van der Waals surface area contributed by atoms with Gasteiger partial charge >= 0.3 is 5.97 Å². The van der Waals surface area contributed by atoms with Gasteiger partial charge in [-0.3, -0.25) is 14.5 Å². The Hall–Kier alpha value is -1.89. The lowest BCUT2D eigenvalue weighted by Gasteiger charge is -2.06. The maximum Gasteiger partial charge on any atom is 0.307 e. The summed E-state index contributed by atoms with van der Waals surface area (Å²) in [6.45, 7) is 3.72. The Labute approximate surface area is 117 Å². The summed E-state index contributed by atoms with van der Waals surface area (Å²) in [6.07, 6.45) is -0.0492. The van der Waals surface area contributed by atoms with Crippen molar-refractivity contribution in [3.8, 4) is 0 Å². The quantitative estimate of drug-likeness (QED) is 0.842. The lowest BCUT2D eigenvalue weighted by atomic mass is 10.2. The predicted octanol–water partition coefficient (Wildman–Crippen LogP) is 1.07. The molecule has 0 fully saturated rings. The van der Waals surface area contributed by atoms with Gasteiger partial charge in [0.25, 0.3) is 10.0 Å². The van der Waals surface area contributed by atoms with E-state index in [1.54, 1.807) is 32.0 Å². The van der Waals surface area contributed by atoms with Crippen LogP contribution in [0.2, 0.25) is 0 Å². The zero-order valence-electron chi connectivity index (χ0n) is 11.3. The van der Waals surface area contributed by atoms with Gasteiger partial charge in [0.15, 0.2) is 0 Å². The van der Waals surface area contributed by atoms with Crippen LogP contribution in [-0.2, 0) is 19.6 Å². The highest BCUT2D eigenvalue weighted by Gasteiger charge is 2.29. The molecule has 1 aliphatic rings. The van der Waals surface area contributed by atoms with E-state index in [9.17, 15) is 13.2 Å². The first-order valence-corrected chi connectivity index (χ1v) is 7.74. The smallest absolute Gasteiger partial charge is 0.307 e. The number of hydrogen-bond donors (Lipinski definition) is 1. The summed E-state index contributed by atoms with van der Waals surface area (Å²) in [5, 5.41) is 0. The van der Waals surface area contributed by atoms with Crippen molar-refractivity contribution < 1.29 is 17.9 Å². The number of aliphatic imine (C=N–C) groups is 1. The number of carbonyl (C=O) groups excluding carboxylic acids is 1. The largest absolute Gasteiger partial charge is 0.463 e. The van der Waals surface area contributed by atoms with Gasteiger partial charge in [-0.15, -0.1) is 0 Å². The summed E-state index contributed by atoms with van der Waals surface area (Å²) in [7, 11) is -3.52. The molecule has 108 valence electrons. The molecular weight excluding hydrogens is 280 g/mol. The highest BCUT2D eigenvalue weighted by atomic mass is 32.2. The Morgan fingerprint density at radius 3 is 2.75 bits per heavy atom. The molecule has 1 heterocycles. The lowest BCUT2D eigenvalue weighted by Crippen LogP contribution is -2.22. The van der Waals surface area contributed by atoms with E-state index in [0.717, 1.165) is 0 Å². The molecule has 2 rings (SSSR count). The fourth-order valence-electron chi connectivity index (χ4n) is 1.83. The lowest BCUT2D eigenvalue weighted by molar-refractivity contribution is -0.147. The molecule has 1 aliphatic heterocycles. The summed E-state index contributed by atoms with van der Waals surface area (Å²) in [4.78, 5) is 15.7. The summed E-state index contributed by atoms with van der Waals surface area (Å²) >= 11 is 0. The van der Waals surface area contributed by atoms with Crippen LogP contribution in [0.25, 0.3) is 0 Å². The van der Waals surface area contributed by atoms with E-state index < -0.39 is 10.0 Å². The SMILES string of the molecule is CC(C)OC(=O)CCN=C1NS(=O)(=O)c2ccccc21. The van der Waals surface area contributed by atoms with Gasteiger partial charge in [-0.2, -0.15) is 0 Å². The molecule has 1 N–H and O–H groups in total. The van der Waals surface area contributed by atoms with E-state index in [2.05, 4.69) is 9.71 Å². The normalized spacial score (nSPS) is 17.9.